The van der Waals surface area contributed by atoms with E-state index in [4.69, 9.17) is 10.5 Å². The number of halogens is 4. The van der Waals surface area contributed by atoms with Crippen LogP contribution in [0.15, 0.2) is 36.4 Å². The van der Waals surface area contributed by atoms with Crippen LogP contribution in [0.2, 0.25) is 0 Å². The predicted octanol–water partition coefficient (Wildman–Crippen LogP) is 5.43. The summed E-state index contributed by atoms with van der Waals surface area (Å²) in [7, 11) is 0. The summed E-state index contributed by atoms with van der Waals surface area (Å²) in [6.07, 6.45) is -4.84. The lowest BCUT2D eigenvalue weighted by molar-refractivity contribution is -0.137. The number of carbonyl (C=O) groups excluding carboxylic acids is 1. The van der Waals surface area contributed by atoms with Crippen LogP contribution < -0.4 is 10.5 Å². The Balaban J connectivity index is 2.41. The predicted molar refractivity (Wildman–Crippen MR) is 102 cm³/mol. The normalized spacial score (nSPS) is 12.1. The van der Waals surface area contributed by atoms with Gasteiger partial charge in [0.15, 0.2) is 0 Å². The van der Waals surface area contributed by atoms with E-state index in [0.717, 1.165) is 21.3 Å². The van der Waals surface area contributed by atoms with Gasteiger partial charge in [0.05, 0.1) is 15.6 Å². The molecule has 3 nitrogen and oxygen atoms in total. The van der Waals surface area contributed by atoms with Crippen molar-refractivity contribution >= 4 is 28.5 Å². The van der Waals surface area contributed by atoms with Gasteiger partial charge >= 0.3 is 6.18 Å². The largest absolute Gasteiger partial charge is 0.456 e. The fourth-order valence-corrected chi connectivity index (χ4v) is 2.98. The number of primary amides is 1. The molecule has 0 heterocycles. The second-order valence-corrected chi connectivity index (χ2v) is 8.12. The summed E-state index contributed by atoms with van der Waals surface area (Å²) < 4.78 is 45.4. The lowest BCUT2D eigenvalue weighted by atomic mass is 9.87. The first-order chi connectivity index (χ1) is 11.9. The molecule has 140 valence electrons. The number of amides is 1. The summed E-state index contributed by atoms with van der Waals surface area (Å²) in [5, 5.41) is 0. The number of carbonyl (C=O) groups is 1. The Labute approximate surface area is 163 Å². The molecule has 0 radical (unpaired) electrons. The minimum absolute atomic E-state index is 0.0378. The summed E-state index contributed by atoms with van der Waals surface area (Å²) in [5.74, 6) is -0.0470. The Morgan fingerprint density at radius 3 is 2.12 bits per heavy atom. The van der Waals surface area contributed by atoms with Crippen LogP contribution in [0.1, 0.15) is 37.5 Å². The van der Waals surface area contributed by atoms with Crippen LogP contribution in [0.5, 0.6) is 11.5 Å². The molecule has 0 aliphatic rings. The van der Waals surface area contributed by atoms with Crippen molar-refractivity contribution in [2.45, 2.75) is 38.8 Å². The highest BCUT2D eigenvalue weighted by Crippen LogP contribution is 2.36. The van der Waals surface area contributed by atoms with E-state index in [1.165, 1.54) is 6.07 Å². The maximum absolute atomic E-state index is 12.9. The molecule has 1 amide bonds. The fourth-order valence-electron chi connectivity index (χ4n) is 2.35. The van der Waals surface area contributed by atoms with Crippen LogP contribution in [0.3, 0.4) is 0 Å². The lowest BCUT2D eigenvalue weighted by Gasteiger charge is -2.20. The Bertz CT molecular complexity index is 827. The van der Waals surface area contributed by atoms with Gasteiger partial charge in [0.25, 0.3) is 0 Å². The Morgan fingerprint density at radius 2 is 1.62 bits per heavy atom. The van der Waals surface area contributed by atoms with Gasteiger partial charge in [-0.05, 0) is 63.9 Å². The summed E-state index contributed by atoms with van der Waals surface area (Å²) >= 11 is 2.11. The van der Waals surface area contributed by atoms with Gasteiger partial charge in [-0.3, -0.25) is 4.79 Å². The van der Waals surface area contributed by atoms with Crippen molar-refractivity contribution in [1.82, 2.24) is 0 Å². The number of ether oxygens (including phenoxy) is 1. The zero-order valence-corrected chi connectivity index (χ0v) is 16.7. The third kappa shape index (κ3) is 5.12. The molecule has 0 saturated carbocycles. The van der Waals surface area contributed by atoms with E-state index in [1.807, 2.05) is 12.1 Å². The van der Waals surface area contributed by atoms with E-state index in [0.29, 0.717) is 5.75 Å². The van der Waals surface area contributed by atoms with Crippen molar-refractivity contribution in [3.63, 3.8) is 0 Å². The van der Waals surface area contributed by atoms with Crippen molar-refractivity contribution in [3.8, 4) is 11.5 Å². The molecule has 2 aromatic carbocycles. The highest BCUT2D eigenvalue weighted by Gasteiger charge is 2.31. The standard InChI is InChI=1S/C19H19F3INO2/c1-18(2,3)12-4-7-16(14(23)10-12)26-15-6-5-13(19(20,21)22)8-11(15)9-17(24)25/h4-8,10H,9H2,1-3H3,(H2,24,25). The number of hydrogen-bond donors (Lipinski definition) is 1. The van der Waals surface area contributed by atoms with Gasteiger partial charge in [-0.15, -0.1) is 0 Å². The molecule has 7 heteroatoms. The molecular formula is C19H19F3INO2. The van der Waals surface area contributed by atoms with Gasteiger partial charge in [0.2, 0.25) is 5.91 Å². The zero-order valence-electron chi connectivity index (χ0n) is 14.6. The molecule has 0 fully saturated rings. The molecule has 0 atom stereocenters. The Hall–Kier alpha value is -1.77. The van der Waals surface area contributed by atoms with E-state index < -0.39 is 17.6 Å². The van der Waals surface area contributed by atoms with Crippen LogP contribution in [0, 0.1) is 3.57 Å². The average molecular weight is 477 g/mol. The smallest absolute Gasteiger partial charge is 0.416 e. The van der Waals surface area contributed by atoms with E-state index in [2.05, 4.69) is 43.4 Å². The quantitative estimate of drug-likeness (QED) is 0.598. The SMILES string of the molecule is CC(C)(C)c1ccc(Oc2ccc(C(F)(F)F)cc2CC(N)=O)c(I)c1. The van der Waals surface area contributed by atoms with E-state index >= 15 is 0 Å². The molecule has 0 aromatic heterocycles. The number of hydrogen-bond acceptors (Lipinski definition) is 2. The molecule has 2 aromatic rings. The number of rotatable bonds is 4. The molecule has 0 aliphatic carbocycles. The van der Waals surface area contributed by atoms with Gasteiger partial charge in [-0.1, -0.05) is 26.8 Å². The van der Waals surface area contributed by atoms with Gasteiger partial charge in [-0.2, -0.15) is 13.2 Å². The lowest BCUT2D eigenvalue weighted by Crippen LogP contribution is -2.15. The molecule has 2 N–H and O–H groups in total. The van der Waals surface area contributed by atoms with Crippen molar-refractivity contribution in [3.05, 3.63) is 56.7 Å². The third-order valence-electron chi connectivity index (χ3n) is 3.77. The Morgan fingerprint density at radius 1 is 1.04 bits per heavy atom. The van der Waals surface area contributed by atoms with Crippen molar-refractivity contribution in [1.29, 1.82) is 0 Å². The molecule has 0 aliphatic heterocycles. The first-order valence-electron chi connectivity index (χ1n) is 7.84. The molecule has 0 saturated heterocycles. The number of benzene rings is 2. The van der Waals surface area contributed by atoms with Crippen LogP contribution in [0.25, 0.3) is 0 Å². The maximum atomic E-state index is 12.9. The van der Waals surface area contributed by atoms with E-state index in [-0.39, 0.29) is 23.1 Å². The van der Waals surface area contributed by atoms with Gasteiger partial charge in [0.1, 0.15) is 11.5 Å². The number of alkyl halides is 3. The van der Waals surface area contributed by atoms with Crippen molar-refractivity contribution in [2.24, 2.45) is 5.73 Å². The summed E-state index contributed by atoms with van der Waals surface area (Å²) in [5.41, 5.74) is 5.49. The number of nitrogens with two attached hydrogens (primary N) is 1. The van der Waals surface area contributed by atoms with Gasteiger partial charge in [0, 0.05) is 5.56 Å². The topological polar surface area (TPSA) is 52.3 Å². The fraction of sp³-hybridized carbons (Fsp3) is 0.316. The molecule has 0 bridgehead atoms. The van der Waals surface area contributed by atoms with Crippen LogP contribution in [-0.2, 0) is 22.8 Å². The van der Waals surface area contributed by atoms with E-state index in [1.54, 1.807) is 6.07 Å². The monoisotopic (exact) mass is 477 g/mol. The minimum Gasteiger partial charge on any atom is -0.456 e. The van der Waals surface area contributed by atoms with Gasteiger partial charge in [-0.25, -0.2) is 0 Å². The maximum Gasteiger partial charge on any atom is 0.416 e. The summed E-state index contributed by atoms with van der Waals surface area (Å²) in [4.78, 5) is 11.2. The van der Waals surface area contributed by atoms with E-state index in [9.17, 15) is 18.0 Å². The van der Waals surface area contributed by atoms with Crippen LogP contribution >= 0.6 is 22.6 Å². The molecule has 2 rings (SSSR count). The molecule has 0 spiro atoms. The second kappa shape index (κ2) is 7.46. The summed E-state index contributed by atoms with van der Waals surface area (Å²) in [6, 6.07) is 8.69. The molecule has 26 heavy (non-hydrogen) atoms. The molecular weight excluding hydrogens is 458 g/mol. The zero-order chi connectivity index (χ0) is 19.7. The summed E-state index contributed by atoms with van der Waals surface area (Å²) in [6.45, 7) is 6.25. The first-order valence-corrected chi connectivity index (χ1v) is 8.92. The van der Waals surface area contributed by atoms with Crippen molar-refractivity contribution < 1.29 is 22.7 Å². The minimum atomic E-state index is -4.51. The highest BCUT2D eigenvalue weighted by atomic mass is 127. The van der Waals surface area contributed by atoms with Gasteiger partial charge < -0.3 is 10.5 Å². The Kier molecular flexibility index (Phi) is 5.89. The molecule has 0 unspecified atom stereocenters. The second-order valence-electron chi connectivity index (χ2n) is 6.96. The highest BCUT2D eigenvalue weighted by molar-refractivity contribution is 14.1. The third-order valence-corrected chi connectivity index (χ3v) is 4.61. The van der Waals surface area contributed by atoms with Crippen LogP contribution in [-0.4, -0.2) is 5.91 Å². The van der Waals surface area contributed by atoms with Crippen molar-refractivity contribution in [2.75, 3.05) is 0 Å². The van der Waals surface area contributed by atoms with Crippen LogP contribution in [0.4, 0.5) is 13.2 Å². The average Bonchev–Trinajstić information content (AvgIpc) is 2.48. The first kappa shape index (κ1) is 20.5.